The highest BCUT2D eigenvalue weighted by Crippen LogP contribution is 2.29. The van der Waals surface area contributed by atoms with Crippen LogP contribution in [0.1, 0.15) is 16.1 Å². The van der Waals surface area contributed by atoms with Crippen LogP contribution in [-0.2, 0) is 0 Å². The second-order valence-electron chi connectivity index (χ2n) is 4.87. The molecule has 3 rings (SSSR count). The molecule has 0 fully saturated rings. The minimum Gasteiger partial charge on any atom is -0.313 e. The van der Waals surface area contributed by atoms with Crippen molar-refractivity contribution in [1.82, 2.24) is 4.57 Å². The number of benzene rings is 2. The molecule has 21 heavy (non-hydrogen) atoms. The van der Waals surface area contributed by atoms with E-state index in [2.05, 4.69) is 4.57 Å². The molecule has 0 N–H and O–H groups in total. The van der Waals surface area contributed by atoms with Gasteiger partial charge in [0.05, 0.1) is 5.69 Å². The molecule has 0 saturated carbocycles. The van der Waals surface area contributed by atoms with E-state index in [-0.39, 0.29) is 0 Å². The van der Waals surface area contributed by atoms with Gasteiger partial charge in [-0.25, -0.2) is 0 Å². The summed E-state index contributed by atoms with van der Waals surface area (Å²) >= 11 is 5.96. The molecule has 2 nitrogen and oxygen atoms in total. The topological polar surface area (TPSA) is 22.0 Å². The zero-order valence-corrected chi connectivity index (χ0v) is 12.3. The van der Waals surface area contributed by atoms with Crippen LogP contribution in [0.3, 0.4) is 0 Å². The lowest BCUT2D eigenvalue weighted by Gasteiger charge is -2.12. The van der Waals surface area contributed by atoms with Gasteiger partial charge >= 0.3 is 0 Å². The molecule has 1 aromatic heterocycles. The van der Waals surface area contributed by atoms with E-state index in [1.165, 1.54) is 0 Å². The Bertz CT molecular complexity index is 773. The summed E-state index contributed by atoms with van der Waals surface area (Å²) in [7, 11) is 0. The Morgan fingerprint density at radius 1 is 1.00 bits per heavy atom. The van der Waals surface area contributed by atoms with Crippen LogP contribution in [0.2, 0.25) is 5.02 Å². The number of carbonyl (C=O) groups excluding carboxylic acids is 1. The Labute approximate surface area is 128 Å². The first kappa shape index (κ1) is 13.7. The second-order valence-corrected chi connectivity index (χ2v) is 5.30. The molecule has 0 aliphatic carbocycles. The number of aromatic nitrogens is 1. The predicted octanol–water partition coefficient (Wildman–Crippen LogP) is 4.92. The second kappa shape index (κ2) is 5.58. The molecule has 0 aliphatic rings. The lowest BCUT2D eigenvalue weighted by atomic mass is 10.1. The maximum absolute atomic E-state index is 11.3. The quantitative estimate of drug-likeness (QED) is 0.629. The monoisotopic (exact) mass is 295 g/mol. The number of carbonyl (C=O) groups is 1. The summed E-state index contributed by atoms with van der Waals surface area (Å²) in [6.45, 7) is 1.95. The minimum absolute atomic E-state index is 0.695. The average Bonchev–Trinajstić information content (AvgIpc) is 2.86. The average molecular weight is 296 g/mol. The predicted molar refractivity (Wildman–Crippen MR) is 86.3 cm³/mol. The lowest BCUT2D eigenvalue weighted by Crippen LogP contribution is -1.99. The summed E-state index contributed by atoms with van der Waals surface area (Å²) in [5, 5.41) is 0.695. The van der Waals surface area contributed by atoms with E-state index >= 15 is 0 Å². The zero-order chi connectivity index (χ0) is 14.8. The summed E-state index contributed by atoms with van der Waals surface area (Å²) in [5.41, 5.74) is 4.68. The number of aldehydes is 1. The van der Waals surface area contributed by atoms with Crippen molar-refractivity contribution in [1.29, 1.82) is 0 Å². The van der Waals surface area contributed by atoms with Crippen LogP contribution in [0.4, 0.5) is 0 Å². The zero-order valence-electron chi connectivity index (χ0n) is 11.6. The van der Waals surface area contributed by atoms with Gasteiger partial charge < -0.3 is 4.57 Å². The van der Waals surface area contributed by atoms with Crippen molar-refractivity contribution in [2.45, 2.75) is 6.92 Å². The van der Waals surface area contributed by atoms with Crippen LogP contribution < -0.4 is 0 Å². The fourth-order valence-corrected chi connectivity index (χ4v) is 2.62. The van der Waals surface area contributed by atoms with E-state index in [4.69, 9.17) is 11.6 Å². The Morgan fingerprint density at radius 3 is 2.29 bits per heavy atom. The third kappa shape index (κ3) is 2.50. The number of rotatable bonds is 3. The smallest absolute Gasteiger partial charge is 0.151 e. The highest BCUT2D eigenvalue weighted by molar-refractivity contribution is 6.30. The van der Waals surface area contributed by atoms with Crippen LogP contribution in [0.15, 0.2) is 60.7 Å². The van der Waals surface area contributed by atoms with Crippen molar-refractivity contribution in [2.24, 2.45) is 0 Å². The van der Waals surface area contributed by atoms with Crippen molar-refractivity contribution in [3.05, 3.63) is 76.9 Å². The summed E-state index contributed by atoms with van der Waals surface area (Å²) in [6.07, 6.45) is 0.897. The van der Waals surface area contributed by atoms with E-state index < -0.39 is 0 Å². The number of halogens is 1. The van der Waals surface area contributed by atoms with Gasteiger partial charge in [0.25, 0.3) is 0 Å². The van der Waals surface area contributed by atoms with Crippen molar-refractivity contribution >= 4 is 17.9 Å². The van der Waals surface area contributed by atoms with Gasteiger partial charge in [-0.15, -0.1) is 0 Å². The van der Waals surface area contributed by atoms with Crippen LogP contribution in [-0.4, -0.2) is 10.9 Å². The van der Waals surface area contributed by atoms with Gasteiger partial charge in [0.1, 0.15) is 0 Å². The molecule has 3 aromatic rings. The third-order valence-corrected chi connectivity index (χ3v) is 3.82. The molecular weight excluding hydrogens is 282 g/mol. The van der Waals surface area contributed by atoms with E-state index in [1.807, 2.05) is 67.6 Å². The molecule has 0 spiro atoms. The van der Waals surface area contributed by atoms with Gasteiger partial charge in [0, 0.05) is 22.0 Å². The Morgan fingerprint density at radius 2 is 1.67 bits per heavy atom. The summed E-state index contributed by atoms with van der Waals surface area (Å²) < 4.78 is 2.08. The summed E-state index contributed by atoms with van der Waals surface area (Å²) in [5.74, 6) is 0. The van der Waals surface area contributed by atoms with Gasteiger partial charge in [-0.05, 0) is 42.8 Å². The maximum Gasteiger partial charge on any atom is 0.151 e. The number of hydrogen-bond acceptors (Lipinski definition) is 1. The van der Waals surface area contributed by atoms with Gasteiger partial charge in [-0.2, -0.15) is 0 Å². The summed E-state index contributed by atoms with van der Waals surface area (Å²) in [6, 6.07) is 19.6. The highest BCUT2D eigenvalue weighted by Gasteiger charge is 2.14. The van der Waals surface area contributed by atoms with E-state index in [0.29, 0.717) is 10.6 Å². The first-order valence-corrected chi connectivity index (χ1v) is 7.07. The van der Waals surface area contributed by atoms with E-state index in [0.717, 1.165) is 28.9 Å². The molecule has 0 amide bonds. The third-order valence-electron chi connectivity index (χ3n) is 3.57. The van der Waals surface area contributed by atoms with Crippen LogP contribution in [0.5, 0.6) is 0 Å². The Balaban J connectivity index is 2.25. The summed E-state index contributed by atoms with van der Waals surface area (Å²) in [4.78, 5) is 11.3. The molecule has 0 atom stereocenters. The first-order chi connectivity index (χ1) is 10.2. The molecule has 0 unspecified atom stereocenters. The van der Waals surface area contributed by atoms with Gasteiger partial charge in [-0.3, -0.25) is 4.79 Å². The molecule has 0 aliphatic heterocycles. The SMILES string of the molecule is Cc1c(C=O)cc(-c2ccccc2)n1-c1ccc(Cl)cc1. The Hall–Kier alpha value is -2.32. The van der Waals surface area contributed by atoms with Crippen molar-refractivity contribution in [3.63, 3.8) is 0 Å². The first-order valence-electron chi connectivity index (χ1n) is 6.69. The van der Waals surface area contributed by atoms with Gasteiger partial charge in [-0.1, -0.05) is 41.9 Å². The van der Waals surface area contributed by atoms with Gasteiger partial charge in [0.15, 0.2) is 6.29 Å². The molecule has 3 heteroatoms. The van der Waals surface area contributed by atoms with Crippen molar-refractivity contribution in [2.75, 3.05) is 0 Å². The molecule has 1 heterocycles. The molecule has 2 aromatic carbocycles. The standard InChI is InChI=1S/C18H14ClNO/c1-13-15(12-21)11-18(14-5-3-2-4-6-14)20(13)17-9-7-16(19)8-10-17/h2-12H,1H3. The molecule has 104 valence electrons. The molecule has 0 saturated heterocycles. The fraction of sp³-hybridized carbons (Fsp3) is 0.0556. The Kier molecular flexibility index (Phi) is 3.63. The van der Waals surface area contributed by atoms with Crippen LogP contribution in [0.25, 0.3) is 16.9 Å². The van der Waals surface area contributed by atoms with Crippen LogP contribution in [0, 0.1) is 6.92 Å². The van der Waals surface area contributed by atoms with Crippen LogP contribution >= 0.6 is 11.6 Å². The fourth-order valence-electron chi connectivity index (χ4n) is 2.49. The highest BCUT2D eigenvalue weighted by atomic mass is 35.5. The normalized spacial score (nSPS) is 10.6. The number of hydrogen-bond donors (Lipinski definition) is 0. The largest absolute Gasteiger partial charge is 0.313 e. The van der Waals surface area contributed by atoms with Crippen molar-refractivity contribution < 1.29 is 4.79 Å². The van der Waals surface area contributed by atoms with E-state index in [9.17, 15) is 4.79 Å². The minimum atomic E-state index is 0.695. The number of nitrogens with zero attached hydrogens (tertiary/aromatic N) is 1. The lowest BCUT2D eigenvalue weighted by molar-refractivity contribution is 0.112. The van der Waals surface area contributed by atoms with E-state index in [1.54, 1.807) is 0 Å². The van der Waals surface area contributed by atoms with Gasteiger partial charge in [0.2, 0.25) is 0 Å². The molecular formula is C18H14ClNO. The van der Waals surface area contributed by atoms with Crippen molar-refractivity contribution in [3.8, 4) is 16.9 Å². The maximum atomic E-state index is 11.3. The molecule has 0 bridgehead atoms. The molecule has 0 radical (unpaired) electrons.